The number of para-hydroxylation sites is 1. The topological polar surface area (TPSA) is 119 Å². The molecular weight excluding hydrogens is 472 g/mol. The summed E-state index contributed by atoms with van der Waals surface area (Å²) in [5.41, 5.74) is 2.37. The van der Waals surface area contributed by atoms with E-state index in [-0.39, 0.29) is 23.0 Å². The van der Waals surface area contributed by atoms with Crippen LogP contribution in [-0.2, 0) is 11.3 Å². The number of aryl methyl sites for hydroxylation is 1. The van der Waals surface area contributed by atoms with Crippen LogP contribution in [0, 0.1) is 17.0 Å². The first-order valence-electron chi connectivity index (χ1n) is 11.5. The van der Waals surface area contributed by atoms with Crippen molar-refractivity contribution in [2.45, 2.75) is 13.5 Å². The second kappa shape index (κ2) is 9.90. The first-order chi connectivity index (χ1) is 17.9. The molecule has 0 fully saturated rings. The number of ether oxygens (including phenoxy) is 1. The van der Waals surface area contributed by atoms with Gasteiger partial charge in [-0.1, -0.05) is 66.7 Å². The molecule has 1 N–H and O–H groups in total. The van der Waals surface area contributed by atoms with Crippen LogP contribution in [0.1, 0.15) is 11.1 Å². The molecule has 0 saturated carbocycles. The van der Waals surface area contributed by atoms with E-state index in [0.29, 0.717) is 17.5 Å². The molecular formula is C28H22N4O5. The molecule has 1 heterocycles. The van der Waals surface area contributed by atoms with Crippen molar-refractivity contribution in [1.29, 1.82) is 0 Å². The predicted molar refractivity (Wildman–Crippen MR) is 140 cm³/mol. The fraction of sp³-hybridized carbons (Fsp3) is 0.107. The number of carbonyl (C=O) groups is 1. The number of nitro benzene ring substituents is 1. The van der Waals surface area contributed by atoms with E-state index in [1.807, 2.05) is 60.7 Å². The number of carbonyl (C=O) groups excluding carboxylic acids is 1. The first-order valence-corrected chi connectivity index (χ1v) is 11.5. The van der Waals surface area contributed by atoms with E-state index in [9.17, 15) is 20.0 Å². The summed E-state index contributed by atoms with van der Waals surface area (Å²) in [7, 11) is 0. The number of azo groups is 1. The van der Waals surface area contributed by atoms with Crippen LogP contribution < -0.4 is 4.74 Å². The monoisotopic (exact) mass is 494 g/mol. The minimum Gasteiger partial charge on any atom is -0.493 e. The average molecular weight is 495 g/mol. The van der Waals surface area contributed by atoms with Gasteiger partial charge in [0.1, 0.15) is 0 Å². The highest BCUT2D eigenvalue weighted by Crippen LogP contribution is 2.39. The lowest BCUT2D eigenvalue weighted by atomic mass is 10.0. The molecule has 0 spiro atoms. The Bertz CT molecular complexity index is 1680. The fourth-order valence-corrected chi connectivity index (χ4v) is 4.30. The summed E-state index contributed by atoms with van der Waals surface area (Å²) in [6.07, 6.45) is 0. The van der Waals surface area contributed by atoms with Gasteiger partial charge in [-0.3, -0.25) is 14.9 Å². The van der Waals surface area contributed by atoms with Crippen LogP contribution in [0.4, 0.5) is 11.4 Å². The van der Waals surface area contributed by atoms with Crippen molar-refractivity contribution < 1.29 is 19.6 Å². The van der Waals surface area contributed by atoms with Crippen LogP contribution in [0.3, 0.4) is 0 Å². The zero-order valence-electron chi connectivity index (χ0n) is 19.9. The molecule has 9 heteroatoms. The quantitative estimate of drug-likeness (QED) is 0.158. The van der Waals surface area contributed by atoms with Crippen molar-refractivity contribution in [1.82, 2.24) is 4.57 Å². The van der Waals surface area contributed by atoms with Crippen LogP contribution in [0.5, 0.6) is 11.6 Å². The van der Waals surface area contributed by atoms with Crippen LogP contribution in [0.25, 0.3) is 21.7 Å². The molecule has 0 aliphatic rings. The normalized spacial score (nSPS) is 11.4. The summed E-state index contributed by atoms with van der Waals surface area (Å²) in [6, 6.07) is 25.8. The lowest BCUT2D eigenvalue weighted by molar-refractivity contribution is -0.385. The number of aromatic hydroxyl groups is 1. The number of aromatic nitrogens is 1. The summed E-state index contributed by atoms with van der Waals surface area (Å²) in [5.74, 6) is -0.908. The number of benzene rings is 4. The highest BCUT2D eigenvalue weighted by Gasteiger charge is 2.19. The molecule has 0 atom stereocenters. The minimum absolute atomic E-state index is 0.0336. The number of nitrogens with zero attached hydrogens (tertiary/aromatic N) is 4. The smallest absolute Gasteiger partial charge is 0.311 e. The Hall–Kier alpha value is -5.05. The van der Waals surface area contributed by atoms with E-state index in [0.717, 1.165) is 21.9 Å². The van der Waals surface area contributed by atoms with Crippen molar-refractivity contribution in [3.05, 3.63) is 106 Å². The van der Waals surface area contributed by atoms with Gasteiger partial charge < -0.3 is 14.4 Å². The third kappa shape index (κ3) is 4.74. The van der Waals surface area contributed by atoms with E-state index in [1.165, 1.54) is 12.1 Å². The predicted octanol–water partition coefficient (Wildman–Crippen LogP) is 6.45. The van der Waals surface area contributed by atoms with Gasteiger partial charge in [-0.2, -0.15) is 0 Å². The highest BCUT2D eigenvalue weighted by atomic mass is 16.6. The van der Waals surface area contributed by atoms with Crippen molar-refractivity contribution in [3.8, 4) is 11.6 Å². The Morgan fingerprint density at radius 2 is 1.73 bits per heavy atom. The summed E-state index contributed by atoms with van der Waals surface area (Å²) in [6.45, 7) is 1.57. The van der Waals surface area contributed by atoms with Gasteiger partial charge in [0, 0.05) is 11.5 Å². The van der Waals surface area contributed by atoms with Crippen LogP contribution in [-0.4, -0.2) is 27.1 Å². The molecule has 5 aromatic rings. The molecule has 0 unspecified atom stereocenters. The molecule has 1 aromatic heterocycles. The molecule has 0 bridgehead atoms. The van der Waals surface area contributed by atoms with Crippen LogP contribution >= 0.6 is 0 Å². The number of nitro groups is 1. The zero-order valence-corrected chi connectivity index (χ0v) is 19.9. The van der Waals surface area contributed by atoms with Gasteiger partial charge >= 0.3 is 11.6 Å². The highest BCUT2D eigenvalue weighted by molar-refractivity contribution is 5.95. The van der Waals surface area contributed by atoms with Gasteiger partial charge in [0.15, 0.2) is 18.0 Å². The Balaban J connectivity index is 1.41. The van der Waals surface area contributed by atoms with Crippen LogP contribution in [0.15, 0.2) is 95.2 Å². The van der Waals surface area contributed by atoms with Gasteiger partial charge in [0.25, 0.3) is 0 Å². The maximum Gasteiger partial charge on any atom is 0.311 e. The third-order valence-electron chi connectivity index (χ3n) is 6.05. The maximum atomic E-state index is 12.4. The summed E-state index contributed by atoms with van der Waals surface area (Å²) in [5, 5.41) is 32.9. The van der Waals surface area contributed by atoms with E-state index < -0.39 is 17.4 Å². The maximum absolute atomic E-state index is 12.4. The largest absolute Gasteiger partial charge is 0.493 e. The Labute approximate surface area is 211 Å². The van der Waals surface area contributed by atoms with Gasteiger partial charge in [-0.25, -0.2) is 0 Å². The van der Waals surface area contributed by atoms with Gasteiger partial charge in [-0.15, -0.1) is 10.2 Å². The molecule has 0 aliphatic heterocycles. The molecule has 0 radical (unpaired) electrons. The third-order valence-corrected chi connectivity index (χ3v) is 6.05. The van der Waals surface area contributed by atoms with E-state index in [4.69, 9.17) is 4.74 Å². The van der Waals surface area contributed by atoms with Gasteiger partial charge in [-0.05, 0) is 41.0 Å². The molecule has 184 valence electrons. The SMILES string of the molecule is Cc1ccc(OCC(=O)N=Nc2c(O)n(Cc3cccc4ccccc34)c3ccccc23)c([N+](=O)[O-])c1. The summed E-state index contributed by atoms with van der Waals surface area (Å²) < 4.78 is 7.06. The van der Waals surface area contributed by atoms with Crippen LogP contribution in [0.2, 0.25) is 0 Å². The molecule has 0 saturated heterocycles. The van der Waals surface area contributed by atoms with Gasteiger partial charge in [0.05, 0.1) is 17.0 Å². The van der Waals surface area contributed by atoms with E-state index in [2.05, 4.69) is 10.2 Å². The summed E-state index contributed by atoms with van der Waals surface area (Å²) in [4.78, 5) is 23.1. The number of fused-ring (bicyclic) bond motifs is 2. The number of rotatable bonds is 7. The average Bonchev–Trinajstić information content (AvgIpc) is 3.17. The Morgan fingerprint density at radius 1 is 1.00 bits per heavy atom. The van der Waals surface area contributed by atoms with Crippen molar-refractivity contribution in [2.24, 2.45) is 10.2 Å². The second-order valence-corrected chi connectivity index (χ2v) is 8.52. The van der Waals surface area contributed by atoms with Crippen molar-refractivity contribution in [3.63, 3.8) is 0 Å². The summed E-state index contributed by atoms with van der Waals surface area (Å²) >= 11 is 0. The van der Waals surface area contributed by atoms with E-state index >= 15 is 0 Å². The Morgan fingerprint density at radius 3 is 2.54 bits per heavy atom. The molecule has 37 heavy (non-hydrogen) atoms. The molecule has 9 nitrogen and oxygen atoms in total. The zero-order chi connectivity index (χ0) is 25.9. The molecule has 5 rings (SSSR count). The minimum atomic E-state index is -0.750. The number of amides is 1. The standard InChI is InChI=1S/C28H22N4O5/c1-18-13-14-25(24(15-18)32(35)36)37-17-26(33)29-30-27-22-11-4-5-12-23(22)31(28(27)34)16-20-9-6-8-19-7-2-3-10-21(19)20/h2-15,34H,16-17H2,1H3. The molecule has 0 aliphatic carbocycles. The number of hydrogen-bond acceptors (Lipinski definition) is 6. The lowest BCUT2D eigenvalue weighted by Crippen LogP contribution is -2.09. The molecule has 4 aromatic carbocycles. The Kier molecular flexibility index (Phi) is 6.34. The van der Waals surface area contributed by atoms with Gasteiger partial charge in [0.2, 0.25) is 5.88 Å². The van der Waals surface area contributed by atoms with E-state index in [1.54, 1.807) is 23.6 Å². The number of hydrogen-bond donors (Lipinski definition) is 1. The van der Waals surface area contributed by atoms with Crippen molar-refractivity contribution in [2.75, 3.05) is 6.61 Å². The first kappa shape index (κ1) is 23.7. The second-order valence-electron chi connectivity index (χ2n) is 8.52. The van der Waals surface area contributed by atoms with Crippen molar-refractivity contribution >= 4 is 39.0 Å². The fourth-order valence-electron chi connectivity index (χ4n) is 4.30. The molecule has 1 amide bonds. The lowest BCUT2D eigenvalue weighted by Gasteiger charge is -2.10.